The van der Waals surface area contributed by atoms with E-state index in [9.17, 15) is 0 Å². The van der Waals surface area contributed by atoms with Crippen LogP contribution in [0.15, 0.2) is 0 Å². The minimum Gasteiger partial charge on any atom is -0.380 e. The monoisotopic (exact) mass is 229 g/mol. The Morgan fingerprint density at radius 3 is 2.33 bits per heavy atom. The Bertz CT molecular complexity index is 210. The maximum Gasteiger partial charge on any atom is 0.0554 e. The molecule has 1 saturated carbocycles. The van der Waals surface area contributed by atoms with E-state index in [0.717, 1.165) is 19.8 Å². The Hall–Kier alpha value is 0.270. The molecule has 0 unspecified atom stereocenters. The van der Waals surface area contributed by atoms with Crippen LogP contribution in [0, 0.1) is 5.41 Å². The van der Waals surface area contributed by atoms with Gasteiger partial charge < -0.3 is 10.1 Å². The van der Waals surface area contributed by atoms with E-state index in [1.807, 2.05) is 0 Å². The molecule has 88 valence electrons. The molecule has 2 rings (SSSR count). The smallest absolute Gasteiger partial charge is 0.0554 e. The average molecular weight is 229 g/mol. The van der Waals surface area contributed by atoms with Crippen LogP contribution in [0.1, 0.15) is 32.6 Å². The molecule has 1 saturated heterocycles. The summed E-state index contributed by atoms with van der Waals surface area (Å²) in [6.07, 6.45) is 7.90. The first kappa shape index (κ1) is 11.7. The van der Waals surface area contributed by atoms with Crippen LogP contribution in [0.4, 0.5) is 0 Å². The molecule has 2 fully saturated rings. The van der Waals surface area contributed by atoms with E-state index in [1.165, 1.54) is 32.2 Å². The lowest BCUT2D eigenvalue weighted by atomic mass is 9.88. The molecule has 0 aromatic heterocycles. The van der Waals surface area contributed by atoms with Gasteiger partial charge in [0.05, 0.1) is 13.2 Å². The van der Waals surface area contributed by atoms with E-state index in [4.69, 9.17) is 4.74 Å². The van der Waals surface area contributed by atoms with Crippen LogP contribution in [-0.2, 0) is 4.74 Å². The van der Waals surface area contributed by atoms with Gasteiger partial charge in [0.15, 0.2) is 0 Å². The quantitative estimate of drug-likeness (QED) is 0.781. The zero-order chi connectivity index (χ0) is 10.8. The lowest BCUT2D eigenvalue weighted by Crippen LogP contribution is -2.49. The second kappa shape index (κ2) is 4.64. The molecule has 0 spiro atoms. The number of hydrogen-bond acceptors (Lipinski definition) is 3. The van der Waals surface area contributed by atoms with Crippen molar-refractivity contribution in [1.82, 2.24) is 5.32 Å². The second-order valence-electron chi connectivity index (χ2n) is 5.50. The van der Waals surface area contributed by atoms with Gasteiger partial charge in [-0.15, -0.1) is 0 Å². The molecule has 0 aromatic carbocycles. The van der Waals surface area contributed by atoms with Crippen LogP contribution >= 0.6 is 11.8 Å². The highest BCUT2D eigenvalue weighted by Gasteiger charge is 2.36. The third-order valence-corrected chi connectivity index (χ3v) is 5.27. The van der Waals surface area contributed by atoms with Crippen molar-refractivity contribution in [3.8, 4) is 0 Å². The van der Waals surface area contributed by atoms with E-state index in [0.29, 0.717) is 10.2 Å². The number of ether oxygens (including phenoxy) is 1. The fourth-order valence-electron chi connectivity index (χ4n) is 2.62. The summed E-state index contributed by atoms with van der Waals surface area (Å²) in [5, 5.41) is 3.66. The fraction of sp³-hybridized carbons (Fsp3) is 1.00. The molecule has 1 aliphatic carbocycles. The summed E-state index contributed by atoms with van der Waals surface area (Å²) in [4.78, 5) is 0. The molecule has 0 atom stereocenters. The first-order valence-electron chi connectivity index (χ1n) is 6.02. The molecule has 0 radical (unpaired) electrons. The molecule has 2 aliphatic rings. The fourth-order valence-corrected chi connectivity index (χ4v) is 3.56. The Morgan fingerprint density at radius 2 is 1.87 bits per heavy atom. The maximum absolute atomic E-state index is 5.27. The Kier molecular flexibility index (Phi) is 3.63. The van der Waals surface area contributed by atoms with Crippen molar-refractivity contribution in [2.45, 2.75) is 37.4 Å². The van der Waals surface area contributed by atoms with Gasteiger partial charge in [0.25, 0.3) is 0 Å². The lowest BCUT2D eigenvalue weighted by Gasteiger charge is -2.39. The lowest BCUT2D eigenvalue weighted by molar-refractivity contribution is -0.0990. The molecule has 0 amide bonds. The molecule has 0 bridgehead atoms. The van der Waals surface area contributed by atoms with Crippen LogP contribution < -0.4 is 5.32 Å². The number of rotatable bonds is 5. The molecular formula is C12H23NOS. The summed E-state index contributed by atoms with van der Waals surface area (Å²) in [6, 6.07) is 0. The van der Waals surface area contributed by atoms with Crippen molar-refractivity contribution in [2.24, 2.45) is 5.41 Å². The van der Waals surface area contributed by atoms with Gasteiger partial charge in [-0.3, -0.25) is 0 Å². The van der Waals surface area contributed by atoms with Crippen molar-refractivity contribution < 1.29 is 4.74 Å². The normalized spacial score (nSPS) is 27.6. The van der Waals surface area contributed by atoms with Crippen LogP contribution in [0.25, 0.3) is 0 Å². The zero-order valence-corrected chi connectivity index (χ0v) is 10.8. The van der Waals surface area contributed by atoms with Crippen LogP contribution in [0.3, 0.4) is 0 Å². The largest absolute Gasteiger partial charge is 0.380 e. The third-order valence-electron chi connectivity index (χ3n) is 3.85. The molecule has 0 aromatic rings. The molecule has 2 nitrogen and oxygen atoms in total. The zero-order valence-electron chi connectivity index (χ0n) is 9.97. The Labute approximate surface area is 97.5 Å². The number of nitrogens with one attached hydrogen (secondary N) is 1. The van der Waals surface area contributed by atoms with Gasteiger partial charge in [-0.05, 0) is 19.1 Å². The molecule has 3 heteroatoms. The van der Waals surface area contributed by atoms with E-state index < -0.39 is 0 Å². The molecule has 1 heterocycles. The van der Waals surface area contributed by atoms with Crippen molar-refractivity contribution in [3.63, 3.8) is 0 Å². The predicted octanol–water partition coefficient (Wildman–Crippen LogP) is 2.29. The Balaban J connectivity index is 1.71. The van der Waals surface area contributed by atoms with Crippen LogP contribution in [-0.4, -0.2) is 37.3 Å². The number of hydrogen-bond donors (Lipinski definition) is 1. The van der Waals surface area contributed by atoms with Gasteiger partial charge in [0.2, 0.25) is 0 Å². The van der Waals surface area contributed by atoms with E-state index in [2.05, 4.69) is 30.3 Å². The van der Waals surface area contributed by atoms with Gasteiger partial charge in [0.1, 0.15) is 0 Å². The number of thioether (sulfide) groups is 1. The summed E-state index contributed by atoms with van der Waals surface area (Å²) in [5.74, 6) is 0. The molecule has 15 heavy (non-hydrogen) atoms. The highest BCUT2D eigenvalue weighted by molar-refractivity contribution is 8.00. The first-order valence-corrected chi connectivity index (χ1v) is 7.24. The SMILES string of the molecule is CSC1(CNCC2(C)COC2)CCCC1. The van der Waals surface area contributed by atoms with Crippen LogP contribution in [0.5, 0.6) is 0 Å². The maximum atomic E-state index is 5.27. The van der Waals surface area contributed by atoms with Gasteiger partial charge >= 0.3 is 0 Å². The van der Waals surface area contributed by atoms with Gasteiger partial charge in [-0.1, -0.05) is 19.8 Å². The highest BCUT2D eigenvalue weighted by atomic mass is 32.2. The second-order valence-corrected chi connectivity index (χ2v) is 6.78. The van der Waals surface area contributed by atoms with Gasteiger partial charge in [-0.25, -0.2) is 0 Å². The van der Waals surface area contributed by atoms with E-state index >= 15 is 0 Å². The van der Waals surface area contributed by atoms with Crippen molar-refractivity contribution >= 4 is 11.8 Å². The van der Waals surface area contributed by atoms with Crippen molar-refractivity contribution in [2.75, 3.05) is 32.6 Å². The summed E-state index contributed by atoms with van der Waals surface area (Å²) < 4.78 is 5.81. The summed E-state index contributed by atoms with van der Waals surface area (Å²) in [7, 11) is 0. The molecular weight excluding hydrogens is 206 g/mol. The van der Waals surface area contributed by atoms with Gasteiger partial charge in [0, 0.05) is 23.3 Å². The summed E-state index contributed by atoms with van der Waals surface area (Å²) in [6.45, 7) is 6.49. The summed E-state index contributed by atoms with van der Waals surface area (Å²) in [5.41, 5.74) is 0.415. The Morgan fingerprint density at radius 1 is 1.20 bits per heavy atom. The first-order chi connectivity index (χ1) is 7.18. The average Bonchev–Trinajstić information content (AvgIpc) is 2.65. The van der Waals surface area contributed by atoms with Crippen molar-refractivity contribution in [3.05, 3.63) is 0 Å². The topological polar surface area (TPSA) is 21.3 Å². The standard InChI is InChI=1S/C12H23NOS/c1-11(9-14-10-11)7-13-8-12(15-2)5-3-4-6-12/h13H,3-10H2,1-2H3. The van der Waals surface area contributed by atoms with E-state index in [1.54, 1.807) is 0 Å². The van der Waals surface area contributed by atoms with E-state index in [-0.39, 0.29) is 0 Å². The molecule has 1 aliphatic heterocycles. The highest BCUT2D eigenvalue weighted by Crippen LogP contribution is 2.39. The third kappa shape index (κ3) is 2.69. The predicted molar refractivity (Wildman–Crippen MR) is 66.5 cm³/mol. The minimum atomic E-state index is 0.415. The van der Waals surface area contributed by atoms with Crippen LogP contribution in [0.2, 0.25) is 0 Å². The minimum absolute atomic E-state index is 0.415. The van der Waals surface area contributed by atoms with Gasteiger partial charge in [-0.2, -0.15) is 11.8 Å². The summed E-state index contributed by atoms with van der Waals surface area (Å²) >= 11 is 2.06. The molecule has 1 N–H and O–H groups in total. The van der Waals surface area contributed by atoms with Crippen molar-refractivity contribution in [1.29, 1.82) is 0 Å².